The van der Waals surface area contributed by atoms with E-state index in [1.165, 1.54) is 13.1 Å². The number of benzene rings is 1. The van der Waals surface area contributed by atoms with Crippen LogP contribution in [0.2, 0.25) is 0 Å². The summed E-state index contributed by atoms with van der Waals surface area (Å²) in [6.45, 7) is 3.47. The van der Waals surface area contributed by atoms with Crippen LogP contribution < -0.4 is 5.32 Å². The van der Waals surface area contributed by atoms with Gasteiger partial charge in [-0.15, -0.1) is 0 Å². The summed E-state index contributed by atoms with van der Waals surface area (Å²) < 4.78 is 26.5. The number of hydrogen-bond donors (Lipinski definition) is 1. The molecule has 5 nitrogen and oxygen atoms in total. The van der Waals surface area contributed by atoms with Crippen molar-refractivity contribution in [2.24, 2.45) is 23.7 Å². The topological polar surface area (TPSA) is 66.5 Å². The second-order valence-corrected chi connectivity index (χ2v) is 6.96. The standard InChI is InChI=1S/C19H20F2N2O3/c1-9-4-6-12-16(19(26)23(3)18(12)25)15(9)17(24)22-10(2)11-5-7-13(20)14(21)8-11/h4-10,12,15-16H,1-3H3,(H,22,24)/t9-,10+,12+,15-,16+/m1/s1. The van der Waals surface area contributed by atoms with E-state index in [2.05, 4.69) is 5.32 Å². The first-order valence-electron chi connectivity index (χ1n) is 8.47. The summed E-state index contributed by atoms with van der Waals surface area (Å²) in [6.07, 6.45) is 3.47. The van der Waals surface area contributed by atoms with E-state index in [4.69, 9.17) is 0 Å². The van der Waals surface area contributed by atoms with Gasteiger partial charge in [-0.2, -0.15) is 0 Å². The van der Waals surface area contributed by atoms with Crippen molar-refractivity contribution in [3.63, 3.8) is 0 Å². The molecule has 2 aliphatic rings. The molecule has 1 saturated heterocycles. The predicted molar refractivity (Wildman–Crippen MR) is 89.5 cm³/mol. The molecule has 1 aliphatic heterocycles. The minimum absolute atomic E-state index is 0.225. The summed E-state index contributed by atoms with van der Waals surface area (Å²) in [6, 6.07) is 2.86. The molecule has 1 aliphatic carbocycles. The molecule has 1 N–H and O–H groups in total. The summed E-state index contributed by atoms with van der Waals surface area (Å²) in [5, 5.41) is 2.76. The van der Waals surface area contributed by atoms with Gasteiger partial charge in [0.25, 0.3) is 0 Å². The third kappa shape index (κ3) is 2.91. The van der Waals surface area contributed by atoms with Crippen LogP contribution in [-0.4, -0.2) is 29.7 Å². The molecule has 3 amide bonds. The van der Waals surface area contributed by atoms with Crippen molar-refractivity contribution < 1.29 is 23.2 Å². The third-order valence-corrected chi connectivity index (χ3v) is 5.30. The fourth-order valence-corrected chi connectivity index (χ4v) is 3.76. The number of allylic oxidation sites excluding steroid dienone is 1. The lowest BCUT2D eigenvalue weighted by Crippen LogP contribution is -2.44. The molecule has 138 valence electrons. The van der Waals surface area contributed by atoms with E-state index >= 15 is 0 Å². The number of likely N-dealkylation sites (tertiary alicyclic amines) is 1. The summed E-state index contributed by atoms with van der Waals surface area (Å²) in [7, 11) is 1.42. The van der Waals surface area contributed by atoms with Gasteiger partial charge in [0, 0.05) is 7.05 Å². The van der Waals surface area contributed by atoms with Crippen LogP contribution in [-0.2, 0) is 14.4 Å². The highest BCUT2D eigenvalue weighted by molar-refractivity contribution is 6.07. The maximum atomic E-state index is 13.4. The number of rotatable bonds is 3. The van der Waals surface area contributed by atoms with Crippen LogP contribution in [0.1, 0.15) is 25.5 Å². The molecule has 0 aromatic heterocycles. The fraction of sp³-hybridized carbons (Fsp3) is 0.421. The summed E-state index contributed by atoms with van der Waals surface area (Å²) in [4.78, 5) is 38.5. The Balaban J connectivity index is 1.82. The van der Waals surface area contributed by atoms with Crippen LogP contribution in [0.4, 0.5) is 8.78 Å². The highest BCUT2D eigenvalue weighted by atomic mass is 19.2. The zero-order chi connectivity index (χ0) is 19.2. The highest BCUT2D eigenvalue weighted by Gasteiger charge is 2.53. The molecule has 0 spiro atoms. The van der Waals surface area contributed by atoms with Crippen molar-refractivity contribution in [3.8, 4) is 0 Å². The summed E-state index contributed by atoms with van der Waals surface area (Å²) in [5.74, 6) is -5.29. The smallest absolute Gasteiger partial charge is 0.236 e. The van der Waals surface area contributed by atoms with E-state index in [9.17, 15) is 23.2 Å². The lowest BCUT2D eigenvalue weighted by Gasteiger charge is -2.31. The van der Waals surface area contributed by atoms with Gasteiger partial charge in [0.05, 0.1) is 23.8 Å². The Morgan fingerprint density at radius 2 is 1.85 bits per heavy atom. The van der Waals surface area contributed by atoms with E-state index in [-0.39, 0.29) is 23.6 Å². The van der Waals surface area contributed by atoms with Gasteiger partial charge in [-0.05, 0) is 30.5 Å². The van der Waals surface area contributed by atoms with E-state index in [1.807, 2.05) is 6.92 Å². The molecule has 3 rings (SSSR count). The average Bonchev–Trinajstić information content (AvgIpc) is 2.81. The van der Waals surface area contributed by atoms with Gasteiger partial charge in [-0.1, -0.05) is 25.1 Å². The first-order valence-corrected chi connectivity index (χ1v) is 8.47. The Morgan fingerprint density at radius 1 is 1.15 bits per heavy atom. The van der Waals surface area contributed by atoms with Gasteiger partial charge in [0.1, 0.15) is 0 Å². The van der Waals surface area contributed by atoms with Gasteiger partial charge >= 0.3 is 0 Å². The molecule has 7 heteroatoms. The Kier molecular flexibility index (Phi) is 4.64. The normalized spacial score (nSPS) is 28.9. The number of carbonyl (C=O) groups excluding carboxylic acids is 3. The first-order chi connectivity index (χ1) is 12.2. The minimum atomic E-state index is -0.990. The van der Waals surface area contributed by atoms with Crippen molar-refractivity contribution in [3.05, 3.63) is 47.5 Å². The maximum absolute atomic E-state index is 13.4. The second-order valence-electron chi connectivity index (χ2n) is 6.96. The van der Waals surface area contributed by atoms with E-state index in [0.717, 1.165) is 17.0 Å². The fourth-order valence-electron chi connectivity index (χ4n) is 3.76. The van der Waals surface area contributed by atoms with Crippen LogP contribution >= 0.6 is 0 Å². The van der Waals surface area contributed by atoms with Gasteiger partial charge in [-0.3, -0.25) is 19.3 Å². The number of imide groups is 1. The van der Waals surface area contributed by atoms with E-state index in [0.29, 0.717) is 5.56 Å². The number of nitrogens with zero attached hydrogens (tertiary/aromatic N) is 1. The molecular weight excluding hydrogens is 342 g/mol. The van der Waals surface area contributed by atoms with Crippen molar-refractivity contribution in [2.75, 3.05) is 7.05 Å². The lowest BCUT2D eigenvalue weighted by molar-refractivity contribution is -0.141. The maximum Gasteiger partial charge on any atom is 0.236 e. The van der Waals surface area contributed by atoms with Crippen molar-refractivity contribution >= 4 is 17.7 Å². The summed E-state index contributed by atoms with van der Waals surface area (Å²) >= 11 is 0. The zero-order valence-corrected chi connectivity index (χ0v) is 14.7. The predicted octanol–water partition coefficient (Wildman–Crippen LogP) is 2.20. The molecule has 0 saturated carbocycles. The molecule has 26 heavy (non-hydrogen) atoms. The van der Waals surface area contributed by atoms with Crippen LogP contribution in [0.15, 0.2) is 30.4 Å². The number of hydrogen-bond acceptors (Lipinski definition) is 3. The quantitative estimate of drug-likeness (QED) is 0.662. The van der Waals surface area contributed by atoms with Crippen LogP contribution in [0.5, 0.6) is 0 Å². The van der Waals surface area contributed by atoms with Crippen LogP contribution in [0.3, 0.4) is 0 Å². The third-order valence-electron chi connectivity index (χ3n) is 5.30. The molecule has 0 unspecified atom stereocenters. The number of nitrogens with one attached hydrogen (secondary N) is 1. The minimum Gasteiger partial charge on any atom is -0.349 e. The lowest BCUT2D eigenvalue weighted by atomic mass is 9.71. The number of halogens is 2. The van der Waals surface area contributed by atoms with Crippen molar-refractivity contribution in [2.45, 2.75) is 19.9 Å². The molecule has 0 radical (unpaired) electrons. The highest BCUT2D eigenvalue weighted by Crippen LogP contribution is 2.40. The monoisotopic (exact) mass is 362 g/mol. The van der Waals surface area contributed by atoms with E-state index < -0.39 is 35.4 Å². The molecule has 1 heterocycles. The molecule has 5 atom stereocenters. The van der Waals surface area contributed by atoms with Crippen LogP contribution in [0.25, 0.3) is 0 Å². The Bertz CT molecular complexity index is 808. The average molecular weight is 362 g/mol. The largest absolute Gasteiger partial charge is 0.349 e. The molecular formula is C19H20F2N2O3. The Labute approximate surface area is 150 Å². The number of amides is 3. The van der Waals surface area contributed by atoms with Crippen LogP contribution in [0, 0.1) is 35.3 Å². The Hall–Kier alpha value is -2.57. The number of carbonyl (C=O) groups is 3. The molecule has 1 fully saturated rings. The summed E-state index contributed by atoms with van der Waals surface area (Å²) in [5.41, 5.74) is 0.416. The van der Waals surface area contributed by atoms with Gasteiger partial charge < -0.3 is 5.32 Å². The van der Waals surface area contributed by atoms with Gasteiger partial charge in [0.2, 0.25) is 17.7 Å². The SMILES string of the molecule is C[C@H](NC(=O)[C@H]1[C@H]2C(=O)N(C)C(=O)[C@H]2C=C[C@H]1C)c1ccc(F)c(F)c1. The zero-order valence-electron chi connectivity index (χ0n) is 14.7. The number of fused-ring (bicyclic) bond motifs is 1. The molecule has 0 bridgehead atoms. The second kappa shape index (κ2) is 6.63. The van der Waals surface area contributed by atoms with Gasteiger partial charge in [0.15, 0.2) is 11.6 Å². The van der Waals surface area contributed by atoms with Crippen molar-refractivity contribution in [1.82, 2.24) is 10.2 Å². The molecule has 1 aromatic carbocycles. The van der Waals surface area contributed by atoms with Crippen molar-refractivity contribution in [1.29, 1.82) is 0 Å². The van der Waals surface area contributed by atoms with E-state index in [1.54, 1.807) is 19.1 Å². The van der Waals surface area contributed by atoms with Gasteiger partial charge in [-0.25, -0.2) is 8.78 Å². The first kappa shape index (κ1) is 18.2. The molecule has 1 aromatic rings. The Morgan fingerprint density at radius 3 is 2.50 bits per heavy atom.